The third-order valence-electron chi connectivity index (χ3n) is 5.24. The van der Waals surface area contributed by atoms with Crippen LogP contribution in [0.2, 0.25) is 0 Å². The van der Waals surface area contributed by atoms with Crippen LogP contribution in [0, 0.1) is 6.92 Å². The molecule has 2 amide bonds. The topological polar surface area (TPSA) is 93.7 Å². The molecule has 0 aliphatic carbocycles. The Morgan fingerprint density at radius 3 is 2.87 bits per heavy atom. The zero-order valence-corrected chi connectivity index (χ0v) is 17.7. The van der Waals surface area contributed by atoms with Gasteiger partial charge < -0.3 is 19.7 Å². The Bertz CT molecular complexity index is 902. The maximum absolute atomic E-state index is 12.6. The maximum atomic E-state index is 12.6. The molecule has 0 radical (unpaired) electrons. The fourth-order valence-electron chi connectivity index (χ4n) is 3.59. The van der Waals surface area contributed by atoms with E-state index in [2.05, 4.69) is 15.3 Å². The van der Waals surface area contributed by atoms with Gasteiger partial charge in [-0.1, -0.05) is 12.1 Å². The first-order valence-electron chi connectivity index (χ1n) is 10.0. The number of ether oxygens (including phenoxy) is 2. The average Bonchev–Trinajstić information content (AvgIpc) is 2.77. The number of nitrogens with one attached hydrogen (secondary N) is 1. The SMILES string of the molecule is COCC(=O)N1CCCC(c2ncc(C(=O)NCc3cccc(OC)c3)c(C)n2)C1. The molecule has 160 valence electrons. The molecule has 2 heterocycles. The Hall–Kier alpha value is -3.00. The van der Waals surface area contributed by atoms with Crippen molar-refractivity contribution < 1.29 is 19.1 Å². The van der Waals surface area contributed by atoms with Gasteiger partial charge >= 0.3 is 0 Å². The number of amides is 2. The molecular weight excluding hydrogens is 384 g/mol. The number of methoxy groups -OCH3 is 2. The quantitative estimate of drug-likeness (QED) is 0.748. The van der Waals surface area contributed by atoms with Crippen molar-refractivity contribution >= 4 is 11.8 Å². The van der Waals surface area contributed by atoms with Crippen LogP contribution in [0.15, 0.2) is 30.5 Å². The molecule has 8 nitrogen and oxygen atoms in total. The summed E-state index contributed by atoms with van der Waals surface area (Å²) < 4.78 is 10.2. The second-order valence-corrected chi connectivity index (χ2v) is 7.37. The number of carbonyl (C=O) groups is 2. The number of nitrogens with zero attached hydrogens (tertiary/aromatic N) is 3. The van der Waals surface area contributed by atoms with E-state index in [0.29, 0.717) is 30.2 Å². The molecule has 1 atom stereocenters. The van der Waals surface area contributed by atoms with E-state index in [1.165, 1.54) is 7.11 Å². The zero-order valence-electron chi connectivity index (χ0n) is 17.7. The molecule has 1 fully saturated rings. The Balaban J connectivity index is 1.64. The molecule has 1 aliphatic rings. The van der Waals surface area contributed by atoms with Gasteiger partial charge in [0.15, 0.2) is 0 Å². The van der Waals surface area contributed by atoms with E-state index in [1.54, 1.807) is 18.2 Å². The molecule has 1 aliphatic heterocycles. The zero-order chi connectivity index (χ0) is 21.5. The van der Waals surface area contributed by atoms with Crippen molar-refractivity contribution in [1.29, 1.82) is 0 Å². The van der Waals surface area contributed by atoms with E-state index in [1.807, 2.05) is 31.2 Å². The maximum Gasteiger partial charge on any atom is 0.254 e. The molecule has 1 saturated heterocycles. The van der Waals surface area contributed by atoms with Crippen molar-refractivity contribution in [3.8, 4) is 5.75 Å². The molecule has 30 heavy (non-hydrogen) atoms. The van der Waals surface area contributed by atoms with Crippen molar-refractivity contribution in [2.24, 2.45) is 0 Å². The van der Waals surface area contributed by atoms with E-state index in [0.717, 1.165) is 30.7 Å². The van der Waals surface area contributed by atoms with Crippen LogP contribution in [0.1, 0.15) is 46.2 Å². The molecule has 1 aromatic heterocycles. The van der Waals surface area contributed by atoms with Gasteiger partial charge in [-0.05, 0) is 37.5 Å². The fraction of sp³-hybridized carbons (Fsp3) is 0.455. The van der Waals surface area contributed by atoms with Gasteiger partial charge in [0.05, 0.1) is 18.4 Å². The van der Waals surface area contributed by atoms with Crippen LogP contribution in [-0.2, 0) is 16.1 Å². The summed E-state index contributed by atoms with van der Waals surface area (Å²) in [5.41, 5.74) is 2.02. The van der Waals surface area contributed by atoms with Crippen LogP contribution in [0.3, 0.4) is 0 Å². The first kappa shape index (κ1) is 21.7. The summed E-state index contributed by atoms with van der Waals surface area (Å²) in [6.45, 7) is 3.57. The Kier molecular flexibility index (Phi) is 7.35. The highest BCUT2D eigenvalue weighted by Crippen LogP contribution is 2.25. The number of rotatable bonds is 7. The van der Waals surface area contributed by atoms with Crippen LogP contribution in [0.25, 0.3) is 0 Å². The van der Waals surface area contributed by atoms with Crippen molar-refractivity contribution in [2.45, 2.75) is 32.2 Å². The second-order valence-electron chi connectivity index (χ2n) is 7.37. The number of hydrogen-bond acceptors (Lipinski definition) is 6. The smallest absolute Gasteiger partial charge is 0.254 e. The molecule has 0 spiro atoms. The van der Waals surface area contributed by atoms with Crippen molar-refractivity contribution in [3.63, 3.8) is 0 Å². The Labute approximate surface area is 176 Å². The minimum Gasteiger partial charge on any atom is -0.497 e. The van der Waals surface area contributed by atoms with E-state index in [4.69, 9.17) is 9.47 Å². The third kappa shape index (κ3) is 5.33. The first-order chi connectivity index (χ1) is 14.5. The summed E-state index contributed by atoms with van der Waals surface area (Å²) in [4.78, 5) is 35.5. The lowest BCUT2D eigenvalue weighted by Gasteiger charge is -2.32. The van der Waals surface area contributed by atoms with Crippen molar-refractivity contribution in [3.05, 3.63) is 53.1 Å². The molecule has 1 aromatic carbocycles. The van der Waals surface area contributed by atoms with Crippen molar-refractivity contribution in [1.82, 2.24) is 20.2 Å². The lowest BCUT2D eigenvalue weighted by Crippen LogP contribution is -2.41. The molecule has 1 unspecified atom stereocenters. The lowest BCUT2D eigenvalue weighted by atomic mass is 9.97. The third-order valence-corrected chi connectivity index (χ3v) is 5.24. The lowest BCUT2D eigenvalue weighted by molar-refractivity contribution is -0.136. The summed E-state index contributed by atoms with van der Waals surface area (Å²) in [5, 5.41) is 2.90. The van der Waals surface area contributed by atoms with Gasteiger partial charge in [0.25, 0.3) is 5.91 Å². The second kappa shape index (κ2) is 10.2. The number of aromatic nitrogens is 2. The summed E-state index contributed by atoms with van der Waals surface area (Å²) in [5.74, 6) is 1.24. The van der Waals surface area contributed by atoms with Gasteiger partial charge in [0.1, 0.15) is 18.2 Å². The number of piperidine rings is 1. The predicted molar refractivity (Wildman–Crippen MR) is 111 cm³/mol. The minimum absolute atomic E-state index is 0.0209. The average molecular weight is 412 g/mol. The molecule has 3 rings (SSSR count). The van der Waals surface area contributed by atoms with Gasteiger partial charge in [-0.15, -0.1) is 0 Å². The van der Waals surface area contributed by atoms with E-state index < -0.39 is 0 Å². The fourth-order valence-corrected chi connectivity index (χ4v) is 3.59. The highest BCUT2D eigenvalue weighted by atomic mass is 16.5. The summed E-state index contributed by atoms with van der Waals surface area (Å²) >= 11 is 0. The molecule has 1 N–H and O–H groups in total. The van der Waals surface area contributed by atoms with Crippen LogP contribution in [-0.4, -0.2) is 60.6 Å². The first-order valence-corrected chi connectivity index (χ1v) is 10.0. The molecule has 0 bridgehead atoms. The van der Waals surface area contributed by atoms with E-state index in [-0.39, 0.29) is 24.3 Å². The van der Waals surface area contributed by atoms with Gasteiger partial charge in [-0.25, -0.2) is 9.97 Å². The van der Waals surface area contributed by atoms with Gasteiger partial charge in [-0.2, -0.15) is 0 Å². The van der Waals surface area contributed by atoms with Crippen LogP contribution in [0.5, 0.6) is 5.75 Å². The predicted octanol–water partition coefficient (Wildman–Crippen LogP) is 2.08. The standard InChI is InChI=1S/C22H28N4O4/c1-15-19(22(28)24-11-16-6-4-8-18(10-16)30-3)12-23-21(25-15)17-7-5-9-26(13-17)20(27)14-29-2/h4,6,8,10,12,17H,5,7,9,11,13-14H2,1-3H3,(H,24,28). The van der Waals surface area contributed by atoms with Gasteiger partial charge in [0.2, 0.25) is 5.91 Å². The molecular formula is C22H28N4O4. The minimum atomic E-state index is -0.220. The normalized spacial score (nSPS) is 16.2. The molecule has 2 aromatic rings. The highest BCUT2D eigenvalue weighted by Gasteiger charge is 2.27. The van der Waals surface area contributed by atoms with Crippen LogP contribution < -0.4 is 10.1 Å². The summed E-state index contributed by atoms with van der Waals surface area (Å²) in [6, 6.07) is 7.55. The number of hydrogen-bond donors (Lipinski definition) is 1. The monoisotopic (exact) mass is 412 g/mol. The number of carbonyl (C=O) groups excluding carboxylic acids is 2. The highest BCUT2D eigenvalue weighted by molar-refractivity contribution is 5.94. The van der Waals surface area contributed by atoms with Crippen molar-refractivity contribution in [2.75, 3.05) is 33.9 Å². The Morgan fingerprint density at radius 1 is 1.30 bits per heavy atom. The van der Waals surface area contributed by atoms with Crippen LogP contribution >= 0.6 is 0 Å². The Morgan fingerprint density at radius 2 is 2.13 bits per heavy atom. The number of benzene rings is 1. The number of aryl methyl sites for hydroxylation is 1. The number of likely N-dealkylation sites (tertiary alicyclic amines) is 1. The largest absolute Gasteiger partial charge is 0.497 e. The van der Waals surface area contributed by atoms with Gasteiger partial charge in [-0.3, -0.25) is 9.59 Å². The van der Waals surface area contributed by atoms with Gasteiger partial charge in [0, 0.05) is 38.9 Å². The molecule has 8 heteroatoms. The van der Waals surface area contributed by atoms with E-state index >= 15 is 0 Å². The molecule has 0 saturated carbocycles. The summed E-state index contributed by atoms with van der Waals surface area (Å²) in [6.07, 6.45) is 3.39. The van der Waals surface area contributed by atoms with Crippen LogP contribution in [0.4, 0.5) is 0 Å². The van der Waals surface area contributed by atoms with E-state index in [9.17, 15) is 9.59 Å². The summed E-state index contributed by atoms with van der Waals surface area (Å²) in [7, 11) is 3.13.